The van der Waals surface area contributed by atoms with E-state index in [9.17, 15) is 4.79 Å². The molecule has 1 heterocycles. The SMILES string of the molecule is CC(C)=CC(=O)C1CCC2CCNC2C1. The van der Waals surface area contributed by atoms with Crippen LogP contribution in [0.25, 0.3) is 0 Å². The summed E-state index contributed by atoms with van der Waals surface area (Å²) in [6.07, 6.45) is 6.54. The van der Waals surface area contributed by atoms with E-state index >= 15 is 0 Å². The summed E-state index contributed by atoms with van der Waals surface area (Å²) in [6, 6.07) is 0.623. The number of allylic oxidation sites excluding steroid dienone is 2. The topological polar surface area (TPSA) is 29.1 Å². The van der Waals surface area contributed by atoms with Crippen molar-refractivity contribution in [3.63, 3.8) is 0 Å². The van der Waals surface area contributed by atoms with Gasteiger partial charge in [-0.2, -0.15) is 0 Å². The van der Waals surface area contributed by atoms with E-state index < -0.39 is 0 Å². The predicted molar refractivity (Wildman–Crippen MR) is 61.7 cm³/mol. The number of hydrogen-bond donors (Lipinski definition) is 1. The number of rotatable bonds is 2. The maximum absolute atomic E-state index is 11.9. The standard InChI is InChI=1S/C13H21NO/c1-9(2)7-13(15)11-4-3-10-5-6-14-12(10)8-11/h7,10-12,14H,3-6,8H2,1-2H3. The number of hydrogen-bond acceptors (Lipinski definition) is 2. The monoisotopic (exact) mass is 207 g/mol. The highest BCUT2D eigenvalue weighted by Gasteiger charge is 2.35. The van der Waals surface area contributed by atoms with Crippen molar-refractivity contribution in [2.24, 2.45) is 11.8 Å². The Morgan fingerprint density at radius 2 is 2.07 bits per heavy atom. The molecular formula is C13H21NO. The minimum absolute atomic E-state index is 0.284. The second-order valence-corrected chi connectivity index (χ2v) is 5.24. The molecule has 0 aromatic rings. The summed E-state index contributed by atoms with van der Waals surface area (Å²) in [6.45, 7) is 5.15. The predicted octanol–water partition coefficient (Wildman–Crippen LogP) is 2.30. The number of ketones is 1. The van der Waals surface area contributed by atoms with Gasteiger partial charge in [0.25, 0.3) is 0 Å². The lowest BCUT2D eigenvalue weighted by atomic mass is 9.77. The zero-order valence-corrected chi connectivity index (χ0v) is 9.75. The summed E-state index contributed by atoms with van der Waals surface area (Å²) in [5.74, 6) is 1.48. The van der Waals surface area contributed by atoms with Gasteiger partial charge in [0.05, 0.1) is 0 Å². The van der Waals surface area contributed by atoms with Gasteiger partial charge in [-0.25, -0.2) is 0 Å². The number of nitrogens with one attached hydrogen (secondary N) is 1. The highest BCUT2D eigenvalue weighted by molar-refractivity contribution is 5.92. The van der Waals surface area contributed by atoms with Gasteiger partial charge in [-0.3, -0.25) is 4.79 Å². The van der Waals surface area contributed by atoms with Crippen molar-refractivity contribution >= 4 is 5.78 Å². The van der Waals surface area contributed by atoms with E-state index in [2.05, 4.69) is 5.32 Å². The van der Waals surface area contributed by atoms with Crippen LogP contribution in [0.5, 0.6) is 0 Å². The van der Waals surface area contributed by atoms with Crippen molar-refractivity contribution in [2.75, 3.05) is 6.54 Å². The summed E-state index contributed by atoms with van der Waals surface area (Å²) >= 11 is 0. The van der Waals surface area contributed by atoms with Crippen molar-refractivity contribution < 1.29 is 4.79 Å². The lowest BCUT2D eigenvalue weighted by Gasteiger charge is -2.30. The Bertz CT molecular complexity index is 278. The van der Waals surface area contributed by atoms with E-state index in [0.717, 1.165) is 30.9 Å². The van der Waals surface area contributed by atoms with Crippen LogP contribution < -0.4 is 5.32 Å². The van der Waals surface area contributed by atoms with Gasteiger partial charge < -0.3 is 5.32 Å². The Morgan fingerprint density at radius 1 is 1.27 bits per heavy atom. The molecule has 0 aromatic carbocycles. The van der Waals surface area contributed by atoms with Gasteiger partial charge in [0.1, 0.15) is 0 Å². The van der Waals surface area contributed by atoms with Gasteiger partial charge in [0.2, 0.25) is 0 Å². The van der Waals surface area contributed by atoms with E-state index in [1.54, 1.807) is 0 Å². The van der Waals surface area contributed by atoms with Crippen molar-refractivity contribution in [1.29, 1.82) is 0 Å². The van der Waals surface area contributed by atoms with Crippen molar-refractivity contribution in [2.45, 2.75) is 45.6 Å². The van der Waals surface area contributed by atoms with Gasteiger partial charge >= 0.3 is 0 Å². The van der Waals surface area contributed by atoms with Crippen LogP contribution in [0.15, 0.2) is 11.6 Å². The van der Waals surface area contributed by atoms with Crippen LogP contribution in [0.2, 0.25) is 0 Å². The number of carbonyl (C=O) groups is 1. The Balaban J connectivity index is 1.95. The molecule has 0 aromatic heterocycles. The third-order valence-corrected chi connectivity index (χ3v) is 3.75. The van der Waals surface area contributed by atoms with Crippen LogP contribution >= 0.6 is 0 Å². The zero-order chi connectivity index (χ0) is 10.8. The molecule has 0 radical (unpaired) electrons. The van der Waals surface area contributed by atoms with Crippen molar-refractivity contribution in [1.82, 2.24) is 5.32 Å². The molecule has 3 unspecified atom stereocenters. The zero-order valence-electron chi connectivity index (χ0n) is 9.75. The third kappa shape index (κ3) is 2.49. The molecule has 2 aliphatic rings. The Labute approximate surface area is 92.1 Å². The fourth-order valence-corrected chi connectivity index (χ4v) is 2.94. The molecule has 1 saturated carbocycles. The van der Waals surface area contributed by atoms with E-state index in [4.69, 9.17) is 0 Å². The van der Waals surface area contributed by atoms with Gasteiger partial charge in [-0.05, 0) is 58.1 Å². The molecule has 15 heavy (non-hydrogen) atoms. The smallest absolute Gasteiger partial charge is 0.158 e. The highest BCUT2D eigenvalue weighted by Crippen LogP contribution is 2.34. The quantitative estimate of drug-likeness (QED) is 0.704. The Morgan fingerprint density at radius 3 is 2.80 bits per heavy atom. The molecule has 1 aliphatic carbocycles. The minimum atomic E-state index is 0.284. The molecular weight excluding hydrogens is 186 g/mol. The van der Waals surface area contributed by atoms with Crippen LogP contribution in [0.4, 0.5) is 0 Å². The maximum Gasteiger partial charge on any atom is 0.158 e. The first-order chi connectivity index (χ1) is 7.16. The van der Waals surface area contributed by atoms with Gasteiger partial charge in [0.15, 0.2) is 5.78 Å². The molecule has 1 saturated heterocycles. The molecule has 2 nitrogen and oxygen atoms in total. The van der Waals surface area contributed by atoms with E-state index in [1.807, 2.05) is 19.9 Å². The molecule has 3 atom stereocenters. The van der Waals surface area contributed by atoms with Crippen LogP contribution in [0.1, 0.15) is 39.5 Å². The molecule has 1 aliphatic heterocycles. The third-order valence-electron chi connectivity index (χ3n) is 3.75. The molecule has 2 heteroatoms. The molecule has 84 valence electrons. The normalized spacial score (nSPS) is 34.7. The second kappa shape index (κ2) is 4.48. The van der Waals surface area contributed by atoms with Crippen LogP contribution in [-0.4, -0.2) is 18.4 Å². The largest absolute Gasteiger partial charge is 0.314 e. The van der Waals surface area contributed by atoms with Gasteiger partial charge in [0, 0.05) is 12.0 Å². The average molecular weight is 207 g/mol. The lowest BCUT2D eigenvalue weighted by molar-refractivity contribution is -0.119. The van der Waals surface area contributed by atoms with Gasteiger partial charge in [-0.15, -0.1) is 0 Å². The number of carbonyl (C=O) groups excluding carboxylic acids is 1. The van der Waals surface area contributed by atoms with Crippen LogP contribution in [0.3, 0.4) is 0 Å². The fourth-order valence-electron chi connectivity index (χ4n) is 2.94. The first kappa shape index (κ1) is 10.9. The lowest BCUT2D eigenvalue weighted by Crippen LogP contribution is -2.35. The van der Waals surface area contributed by atoms with Gasteiger partial charge in [-0.1, -0.05) is 5.57 Å². The Hall–Kier alpha value is -0.630. The minimum Gasteiger partial charge on any atom is -0.314 e. The second-order valence-electron chi connectivity index (χ2n) is 5.24. The molecule has 0 amide bonds. The summed E-state index contributed by atoms with van der Waals surface area (Å²) in [5, 5.41) is 3.52. The summed E-state index contributed by atoms with van der Waals surface area (Å²) in [7, 11) is 0. The molecule has 0 bridgehead atoms. The highest BCUT2D eigenvalue weighted by atomic mass is 16.1. The average Bonchev–Trinajstić information content (AvgIpc) is 2.62. The molecule has 1 N–H and O–H groups in total. The molecule has 2 fully saturated rings. The summed E-state index contributed by atoms with van der Waals surface area (Å²) in [5.41, 5.74) is 1.13. The molecule has 0 spiro atoms. The van der Waals surface area contributed by atoms with E-state index in [1.165, 1.54) is 12.8 Å². The number of fused-ring (bicyclic) bond motifs is 1. The van der Waals surface area contributed by atoms with E-state index in [0.29, 0.717) is 11.8 Å². The Kier molecular flexibility index (Phi) is 3.25. The molecule has 2 rings (SSSR count). The first-order valence-electron chi connectivity index (χ1n) is 6.09. The first-order valence-corrected chi connectivity index (χ1v) is 6.09. The summed E-state index contributed by atoms with van der Waals surface area (Å²) in [4.78, 5) is 11.9. The van der Waals surface area contributed by atoms with Crippen LogP contribution in [0, 0.1) is 11.8 Å². The van der Waals surface area contributed by atoms with Crippen molar-refractivity contribution in [3.05, 3.63) is 11.6 Å². The fraction of sp³-hybridized carbons (Fsp3) is 0.769. The maximum atomic E-state index is 11.9. The van der Waals surface area contributed by atoms with E-state index in [-0.39, 0.29) is 5.92 Å². The van der Waals surface area contributed by atoms with Crippen molar-refractivity contribution in [3.8, 4) is 0 Å². The summed E-state index contributed by atoms with van der Waals surface area (Å²) < 4.78 is 0. The van der Waals surface area contributed by atoms with Crippen LogP contribution in [-0.2, 0) is 4.79 Å².